The van der Waals surface area contributed by atoms with Crippen molar-refractivity contribution in [2.24, 2.45) is 0 Å². The standard InChI is InChI=1S/C18H23N3O2/c1-12(11-21(2)3)23-15-6-4-5-13(9-15)18(22)14-7-8-16(19)17(20)10-14/h4-10,12H,11,19-20H2,1-3H3. The molecule has 0 heterocycles. The first-order valence-electron chi connectivity index (χ1n) is 7.48. The molecule has 23 heavy (non-hydrogen) atoms. The van der Waals surface area contributed by atoms with Gasteiger partial charge in [-0.05, 0) is 51.4 Å². The smallest absolute Gasteiger partial charge is 0.193 e. The van der Waals surface area contributed by atoms with Crippen LogP contribution >= 0.6 is 0 Å². The summed E-state index contributed by atoms with van der Waals surface area (Å²) in [5.74, 6) is 0.566. The molecule has 2 rings (SSSR count). The Morgan fingerprint density at radius 1 is 1.09 bits per heavy atom. The number of rotatable bonds is 6. The van der Waals surface area contributed by atoms with Gasteiger partial charge in [-0.1, -0.05) is 12.1 Å². The quantitative estimate of drug-likeness (QED) is 0.632. The predicted octanol–water partition coefficient (Wildman–Crippen LogP) is 2.41. The second kappa shape index (κ2) is 7.15. The van der Waals surface area contributed by atoms with Crippen molar-refractivity contribution in [2.45, 2.75) is 13.0 Å². The van der Waals surface area contributed by atoms with Gasteiger partial charge in [-0.3, -0.25) is 4.79 Å². The van der Waals surface area contributed by atoms with Crippen molar-refractivity contribution in [3.8, 4) is 5.75 Å². The summed E-state index contributed by atoms with van der Waals surface area (Å²) in [6.07, 6.45) is 0.0301. The minimum atomic E-state index is -0.109. The zero-order chi connectivity index (χ0) is 17.0. The molecule has 0 radical (unpaired) electrons. The van der Waals surface area contributed by atoms with E-state index in [1.165, 1.54) is 0 Å². The molecule has 0 spiro atoms. The van der Waals surface area contributed by atoms with Crippen LogP contribution in [0.1, 0.15) is 22.8 Å². The van der Waals surface area contributed by atoms with Crippen LogP contribution in [0.4, 0.5) is 11.4 Å². The predicted molar refractivity (Wildman–Crippen MR) is 93.8 cm³/mol. The maximum atomic E-state index is 12.6. The second-order valence-corrected chi connectivity index (χ2v) is 5.89. The molecule has 0 aliphatic carbocycles. The molecule has 122 valence electrons. The Kier molecular flexibility index (Phi) is 5.24. The van der Waals surface area contributed by atoms with E-state index >= 15 is 0 Å². The summed E-state index contributed by atoms with van der Waals surface area (Å²) >= 11 is 0. The Bertz CT molecular complexity index is 698. The van der Waals surface area contributed by atoms with Gasteiger partial charge in [0.2, 0.25) is 0 Å². The van der Waals surface area contributed by atoms with E-state index in [0.29, 0.717) is 28.3 Å². The third-order valence-corrected chi connectivity index (χ3v) is 3.40. The number of nitrogen functional groups attached to an aromatic ring is 2. The van der Waals surface area contributed by atoms with Gasteiger partial charge >= 0.3 is 0 Å². The molecule has 1 atom stereocenters. The summed E-state index contributed by atoms with van der Waals surface area (Å²) in [7, 11) is 3.98. The van der Waals surface area contributed by atoms with Crippen molar-refractivity contribution in [1.82, 2.24) is 4.90 Å². The van der Waals surface area contributed by atoms with Crippen LogP contribution in [0.15, 0.2) is 42.5 Å². The van der Waals surface area contributed by atoms with Crippen LogP contribution < -0.4 is 16.2 Å². The number of hydrogen-bond acceptors (Lipinski definition) is 5. The highest BCUT2D eigenvalue weighted by Crippen LogP contribution is 2.21. The molecule has 2 aromatic rings. The first-order valence-corrected chi connectivity index (χ1v) is 7.48. The van der Waals surface area contributed by atoms with E-state index < -0.39 is 0 Å². The fourth-order valence-electron chi connectivity index (χ4n) is 2.38. The number of ketones is 1. The molecule has 5 heteroatoms. The highest BCUT2D eigenvalue weighted by Gasteiger charge is 2.12. The summed E-state index contributed by atoms with van der Waals surface area (Å²) < 4.78 is 5.86. The van der Waals surface area contributed by atoms with Gasteiger partial charge in [0.1, 0.15) is 11.9 Å². The molecule has 0 aliphatic heterocycles. The van der Waals surface area contributed by atoms with Crippen molar-refractivity contribution < 1.29 is 9.53 Å². The van der Waals surface area contributed by atoms with Crippen molar-refractivity contribution in [3.63, 3.8) is 0 Å². The number of benzene rings is 2. The van der Waals surface area contributed by atoms with Gasteiger partial charge in [0.25, 0.3) is 0 Å². The molecule has 1 unspecified atom stereocenters. The van der Waals surface area contributed by atoms with Crippen LogP contribution in [0, 0.1) is 0 Å². The van der Waals surface area contributed by atoms with Crippen LogP contribution in [0.2, 0.25) is 0 Å². The highest BCUT2D eigenvalue weighted by molar-refractivity contribution is 6.10. The number of anilines is 2. The van der Waals surface area contributed by atoms with Gasteiger partial charge < -0.3 is 21.1 Å². The first kappa shape index (κ1) is 16.8. The molecule has 2 aromatic carbocycles. The minimum absolute atomic E-state index is 0.0301. The van der Waals surface area contributed by atoms with Gasteiger partial charge in [0.05, 0.1) is 11.4 Å². The van der Waals surface area contributed by atoms with Crippen molar-refractivity contribution in [2.75, 3.05) is 32.1 Å². The number of nitrogens with two attached hydrogens (primary N) is 2. The molecule has 5 nitrogen and oxygen atoms in total. The van der Waals surface area contributed by atoms with Crippen molar-refractivity contribution in [3.05, 3.63) is 53.6 Å². The van der Waals surface area contributed by atoms with Gasteiger partial charge in [0.15, 0.2) is 5.78 Å². The Balaban J connectivity index is 2.18. The molecule has 0 saturated heterocycles. The lowest BCUT2D eigenvalue weighted by Crippen LogP contribution is -2.28. The zero-order valence-corrected chi connectivity index (χ0v) is 13.7. The summed E-state index contributed by atoms with van der Waals surface area (Å²) in [6, 6.07) is 12.1. The van der Waals surface area contributed by atoms with E-state index in [0.717, 1.165) is 6.54 Å². The molecule has 0 aromatic heterocycles. The lowest BCUT2D eigenvalue weighted by molar-refractivity contribution is 0.103. The van der Waals surface area contributed by atoms with Gasteiger partial charge in [0, 0.05) is 17.7 Å². The van der Waals surface area contributed by atoms with Gasteiger partial charge in [-0.25, -0.2) is 0 Å². The largest absolute Gasteiger partial charge is 0.489 e. The van der Waals surface area contributed by atoms with Crippen LogP contribution in [-0.4, -0.2) is 37.4 Å². The minimum Gasteiger partial charge on any atom is -0.489 e. The summed E-state index contributed by atoms with van der Waals surface area (Å²) in [5, 5.41) is 0. The van der Waals surface area contributed by atoms with Gasteiger partial charge in [-0.2, -0.15) is 0 Å². The number of nitrogens with zero attached hydrogens (tertiary/aromatic N) is 1. The Hall–Kier alpha value is -2.53. The van der Waals surface area contributed by atoms with Crippen molar-refractivity contribution >= 4 is 17.2 Å². The average Bonchev–Trinajstić information content (AvgIpc) is 2.48. The summed E-state index contributed by atoms with van der Waals surface area (Å²) in [6.45, 7) is 2.79. The van der Waals surface area contributed by atoms with Crippen LogP contribution in [0.5, 0.6) is 5.75 Å². The average molecular weight is 313 g/mol. The van der Waals surface area contributed by atoms with E-state index in [2.05, 4.69) is 4.90 Å². The highest BCUT2D eigenvalue weighted by atomic mass is 16.5. The third kappa shape index (κ3) is 4.47. The summed E-state index contributed by atoms with van der Waals surface area (Å²) in [4.78, 5) is 14.6. The van der Waals surface area contributed by atoms with Gasteiger partial charge in [-0.15, -0.1) is 0 Å². The Labute approximate surface area is 136 Å². The van der Waals surface area contributed by atoms with E-state index in [-0.39, 0.29) is 11.9 Å². The van der Waals surface area contributed by atoms with Crippen LogP contribution in [-0.2, 0) is 0 Å². The molecular weight excluding hydrogens is 290 g/mol. The molecular formula is C18H23N3O2. The van der Waals surface area contributed by atoms with E-state index in [1.807, 2.05) is 33.2 Å². The topological polar surface area (TPSA) is 81.6 Å². The normalized spacial score (nSPS) is 12.2. The van der Waals surface area contributed by atoms with E-state index in [4.69, 9.17) is 16.2 Å². The molecule has 0 aliphatic rings. The third-order valence-electron chi connectivity index (χ3n) is 3.40. The second-order valence-electron chi connectivity index (χ2n) is 5.89. The number of hydrogen-bond donors (Lipinski definition) is 2. The maximum Gasteiger partial charge on any atom is 0.193 e. The monoisotopic (exact) mass is 313 g/mol. The lowest BCUT2D eigenvalue weighted by atomic mass is 10.0. The molecule has 4 N–H and O–H groups in total. The van der Waals surface area contributed by atoms with Crippen molar-refractivity contribution in [1.29, 1.82) is 0 Å². The Morgan fingerprint density at radius 2 is 1.78 bits per heavy atom. The fraction of sp³-hybridized carbons (Fsp3) is 0.278. The van der Waals surface area contributed by atoms with E-state index in [1.54, 1.807) is 30.3 Å². The molecule has 0 saturated carbocycles. The van der Waals surface area contributed by atoms with E-state index in [9.17, 15) is 4.79 Å². The number of ether oxygens (including phenoxy) is 1. The summed E-state index contributed by atoms with van der Waals surface area (Å²) in [5.41, 5.74) is 13.4. The molecule has 0 bridgehead atoms. The number of carbonyl (C=O) groups excluding carboxylic acids is 1. The molecule has 0 amide bonds. The van der Waals surface area contributed by atoms with Crippen LogP contribution in [0.25, 0.3) is 0 Å². The molecule has 0 fully saturated rings. The maximum absolute atomic E-state index is 12.6. The Morgan fingerprint density at radius 3 is 2.43 bits per heavy atom. The lowest BCUT2D eigenvalue weighted by Gasteiger charge is -2.19. The zero-order valence-electron chi connectivity index (χ0n) is 13.7. The first-order chi connectivity index (χ1) is 10.9. The SMILES string of the molecule is CC(CN(C)C)Oc1cccc(C(=O)c2ccc(N)c(N)c2)c1. The fourth-order valence-corrected chi connectivity index (χ4v) is 2.38. The number of carbonyl (C=O) groups is 1. The number of likely N-dealkylation sites (N-methyl/N-ethyl adjacent to an activating group) is 1. The van der Waals surface area contributed by atoms with Crippen LogP contribution in [0.3, 0.4) is 0 Å².